The maximum Gasteiger partial charge on any atom is 0.126 e. The van der Waals surface area contributed by atoms with E-state index in [9.17, 15) is 8.78 Å². The Morgan fingerprint density at radius 3 is 2.27 bits per heavy atom. The smallest absolute Gasteiger partial charge is 0.126 e. The van der Waals surface area contributed by atoms with Gasteiger partial charge in [-0.2, -0.15) is 0 Å². The number of hydrogen-bond acceptors (Lipinski definition) is 1. The van der Waals surface area contributed by atoms with Gasteiger partial charge in [0.25, 0.3) is 0 Å². The van der Waals surface area contributed by atoms with Gasteiger partial charge in [-0.25, -0.2) is 8.78 Å². The van der Waals surface area contributed by atoms with Gasteiger partial charge in [0.2, 0.25) is 0 Å². The van der Waals surface area contributed by atoms with E-state index in [1.165, 1.54) is 12.1 Å². The standard InChI is InChI=1S/C12H15F2N/c1-3-12(2,8-15)7-9-4-10(13)6-11(14)5-9/h3-6H,1,7-8,15H2,2H3. The highest BCUT2D eigenvalue weighted by Gasteiger charge is 2.19. The molecule has 1 rings (SSSR count). The van der Waals surface area contributed by atoms with Crippen LogP contribution in [0.4, 0.5) is 8.78 Å². The second-order valence-corrected chi connectivity index (χ2v) is 4.02. The lowest BCUT2D eigenvalue weighted by Crippen LogP contribution is -2.27. The third-order valence-corrected chi connectivity index (χ3v) is 2.49. The van der Waals surface area contributed by atoms with Crippen molar-refractivity contribution in [2.75, 3.05) is 6.54 Å². The zero-order valence-corrected chi connectivity index (χ0v) is 8.76. The van der Waals surface area contributed by atoms with Crippen molar-refractivity contribution in [1.82, 2.24) is 0 Å². The van der Waals surface area contributed by atoms with Crippen LogP contribution in [0.3, 0.4) is 0 Å². The quantitative estimate of drug-likeness (QED) is 0.761. The molecule has 1 nitrogen and oxygen atoms in total. The molecular formula is C12H15F2N. The molecule has 0 aromatic heterocycles. The first-order valence-corrected chi connectivity index (χ1v) is 4.78. The summed E-state index contributed by atoms with van der Waals surface area (Å²) in [7, 11) is 0. The van der Waals surface area contributed by atoms with Crippen molar-refractivity contribution in [3.8, 4) is 0 Å². The first-order chi connectivity index (χ1) is 6.99. The van der Waals surface area contributed by atoms with E-state index in [-0.39, 0.29) is 5.41 Å². The van der Waals surface area contributed by atoms with Gasteiger partial charge in [-0.15, -0.1) is 6.58 Å². The van der Waals surface area contributed by atoms with E-state index in [0.29, 0.717) is 18.5 Å². The van der Waals surface area contributed by atoms with Gasteiger partial charge in [0, 0.05) is 18.0 Å². The Balaban J connectivity index is 2.93. The summed E-state index contributed by atoms with van der Waals surface area (Å²) < 4.78 is 25.8. The van der Waals surface area contributed by atoms with Crippen molar-refractivity contribution in [3.63, 3.8) is 0 Å². The molecule has 0 aliphatic rings. The highest BCUT2D eigenvalue weighted by Crippen LogP contribution is 2.23. The summed E-state index contributed by atoms with van der Waals surface area (Å²) in [5.74, 6) is -1.12. The lowest BCUT2D eigenvalue weighted by molar-refractivity contribution is 0.436. The molecule has 0 saturated carbocycles. The number of halogens is 2. The predicted octanol–water partition coefficient (Wildman–Crippen LogP) is 2.66. The Morgan fingerprint density at radius 1 is 1.33 bits per heavy atom. The van der Waals surface area contributed by atoms with Crippen LogP contribution in [-0.2, 0) is 6.42 Å². The Bertz CT molecular complexity index is 342. The topological polar surface area (TPSA) is 26.0 Å². The average molecular weight is 211 g/mol. The van der Waals surface area contributed by atoms with Crippen molar-refractivity contribution in [3.05, 3.63) is 48.1 Å². The minimum atomic E-state index is -0.562. The molecule has 0 spiro atoms. The van der Waals surface area contributed by atoms with E-state index in [2.05, 4.69) is 6.58 Å². The largest absolute Gasteiger partial charge is 0.330 e. The molecule has 1 aromatic rings. The molecule has 0 fully saturated rings. The van der Waals surface area contributed by atoms with Crippen LogP contribution in [0.5, 0.6) is 0 Å². The fourth-order valence-corrected chi connectivity index (χ4v) is 1.41. The Hall–Kier alpha value is -1.22. The lowest BCUT2D eigenvalue weighted by Gasteiger charge is -2.23. The first-order valence-electron chi connectivity index (χ1n) is 4.78. The SMILES string of the molecule is C=CC(C)(CN)Cc1cc(F)cc(F)c1. The summed E-state index contributed by atoms with van der Waals surface area (Å²) in [6, 6.07) is 3.50. The molecule has 3 heteroatoms. The maximum atomic E-state index is 12.9. The van der Waals surface area contributed by atoms with E-state index >= 15 is 0 Å². The molecule has 0 heterocycles. The zero-order valence-electron chi connectivity index (χ0n) is 8.76. The summed E-state index contributed by atoms with van der Waals surface area (Å²) in [6.45, 7) is 5.98. The molecule has 2 N–H and O–H groups in total. The molecule has 82 valence electrons. The summed E-state index contributed by atoms with van der Waals surface area (Å²) in [6.07, 6.45) is 2.21. The third-order valence-electron chi connectivity index (χ3n) is 2.49. The fourth-order valence-electron chi connectivity index (χ4n) is 1.41. The zero-order chi connectivity index (χ0) is 11.5. The van der Waals surface area contributed by atoms with Crippen molar-refractivity contribution >= 4 is 0 Å². The second-order valence-electron chi connectivity index (χ2n) is 4.02. The van der Waals surface area contributed by atoms with Crippen molar-refractivity contribution in [2.45, 2.75) is 13.3 Å². The molecule has 1 unspecified atom stereocenters. The van der Waals surface area contributed by atoms with Crippen molar-refractivity contribution in [1.29, 1.82) is 0 Å². The fraction of sp³-hybridized carbons (Fsp3) is 0.333. The molecule has 0 aliphatic heterocycles. The number of benzene rings is 1. The minimum Gasteiger partial charge on any atom is -0.330 e. The molecule has 1 aromatic carbocycles. The molecule has 0 saturated heterocycles. The summed E-state index contributed by atoms with van der Waals surface area (Å²) in [5.41, 5.74) is 5.86. The predicted molar refractivity (Wildman–Crippen MR) is 57.4 cm³/mol. The Labute approximate surface area is 88.6 Å². The van der Waals surface area contributed by atoms with E-state index in [0.717, 1.165) is 6.07 Å². The van der Waals surface area contributed by atoms with Gasteiger partial charge in [-0.3, -0.25) is 0 Å². The van der Waals surface area contributed by atoms with Crippen LogP contribution in [0.2, 0.25) is 0 Å². The van der Waals surface area contributed by atoms with Gasteiger partial charge in [-0.05, 0) is 24.1 Å². The summed E-state index contributed by atoms with van der Waals surface area (Å²) in [4.78, 5) is 0. The van der Waals surface area contributed by atoms with Gasteiger partial charge < -0.3 is 5.73 Å². The van der Waals surface area contributed by atoms with Gasteiger partial charge in [0.15, 0.2) is 0 Å². The van der Waals surface area contributed by atoms with Crippen LogP contribution in [0, 0.1) is 17.0 Å². The van der Waals surface area contributed by atoms with Crippen LogP contribution in [-0.4, -0.2) is 6.54 Å². The Kier molecular flexibility index (Phi) is 3.58. The van der Waals surface area contributed by atoms with Gasteiger partial charge >= 0.3 is 0 Å². The minimum absolute atomic E-state index is 0.319. The molecule has 15 heavy (non-hydrogen) atoms. The van der Waals surface area contributed by atoms with Crippen LogP contribution in [0.25, 0.3) is 0 Å². The molecular weight excluding hydrogens is 196 g/mol. The van der Waals surface area contributed by atoms with E-state index in [1.807, 2.05) is 6.92 Å². The van der Waals surface area contributed by atoms with Crippen LogP contribution in [0.1, 0.15) is 12.5 Å². The molecule has 0 aliphatic carbocycles. The lowest BCUT2D eigenvalue weighted by atomic mass is 9.84. The van der Waals surface area contributed by atoms with E-state index < -0.39 is 11.6 Å². The molecule has 0 amide bonds. The van der Waals surface area contributed by atoms with Crippen LogP contribution >= 0.6 is 0 Å². The van der Waals surface area contributed by atoms with E-state index in [1.54, 1.807) is 6.08 Å². The van der Waals surface area contributed by atoms with Gasteiger partial charge in [0.1, 0.15) is 11.6 Å². The van der Waals surface area contributed by atoms with Crippen molar-refractivity contribution < 1.29 is 8.78 Å². The highest BCUT2D eigenvalue weighted by atomic mass is 19.1. The van der Waals surface area contributed by atoms with Gasteiger partial charge in [0.05, 0.1) is 0 Å². The normalized spacial score (nSPS) is 14.7. The molecule has 1 atom stereocenters. The second kappa shape index (κ2) is 4.53. The highest BCUT2D eigenvalue weighted by molar-refractivity contribution is 5.20. The summed E-state index contributed by atoms with van der Waals surface area (Å²) in [5, 5.41) is 0. The van der Waals surface area contributed by atoms with Crippen molar-refractivity contribution in [2.24, 2.45) is 11.1 Å². The number of nitrogens with two attached hydrogens (primary N) is 1. The summed E-state index contributed by atoms with van der Waals surface area (Å²) >= 11 is 0. The molecule has 0 bridgehead atoms. The van der Waals surface area contributed by atoms with Crippen LogP contribution in [0.15, 0.2) is 30.9 Å². The Morgan fingerprint density at radius 2 is 1.87 bits per heavy atom. The van der Waals surface area contributed by atoms with Crippen LogP contribution < -0.4 is 5.73 Å². The van der Waals surface area contributed by atoms with E-state index in [4.69, 9.17) is 5.73 Å². The number of hydrogen-bond donors (Lipinski definition) is 1. The first kappa shape index (κ1) is 11.9. The van der Waals surface area contributed by atoms with Gasteiger partial charge in [-0.1, -0.05) is 13.0 Å². The number of rotatable bonds is 4. The monoisotopic (exact) mass is 211 g/mol. The average Bonchev–Trinajstić information content (AvgIpc) is 2.16. The maximum absolute atomic E-state index is 12.9. The third kappa shape index (κ3) is 3.13. The molecule has 0 radical (unpaired) electrons.